The van der Waals surface area contributed by atoms with Crippen molar-refractivity contribution in [3.8, 4) is 0 Å². The largest absolute Gasteiger partial charge is 0.382 e. The lowest BCUT2D eigenvalue weighted by atomic mass is 10.2. The fraction of sp³-hybridized carbons (Fsp3) is 0.571. The van der Waals surface area contributed by atoms with E-state index in [1.807, 2.05) is 19.2 Å². The molecular weight excluding hydrogens is 244 g/mol. The summed E-state index contributed by atoms with van der Waals surface area (Å²) in [5, 5.41) is 0. The minimum absolute atomic E-state index is 0.103. The molecule has 0 unspecified atom stereocenters. The van der Waals surface area contributed by atoms with E-state index in [0.29, 0.717) is 32.8 Å². The summed E-state index contributed by atoms with van der Waals surface area (Å²) in [6.45, 7) is 2.25. The van der Waals surface area contributed by atoms with Crippen molar-refractivity contribution in [3.05, 3.63) is 30.1 Å². The van der Waals surface area contributed by atoms with Gasteiger partial charge in [-0.05, 0) is 24.1 Å². The van der Waals surface area contributed by atoms with Crippen LogP contribution >= 0.6 is 0 Å². The highest BCUT2D eigenvalue weighted by Crippen LogP contribution is 2.00. The molecule has 1 aromatic rings. The zero-order chi connectivity index (χ0) is 13.9. The number of hydrogen-bond donors (Lipinski definition) is 0. The van der Waals surface area contributed by atoms with E-state index >= 15 is 0 Å². The molecule has 1 aromatic heterocycles. The first-order chi connectivity index (χ1) is 9.24. The number of hydrogen-bond acceptors (Lipinski definition) is 4. The highest BCUT2D eigenvalue weighted by molar-refractivity contribution is 5.75. The van der Waals surface area contributed by atoms with Gasteiger partial charge < -0.3 is 14.4 Å². The lowest BCUT2D eigenvalue weighted by Crippen LogP contribution is -2.29. The molecule has 1 heterocycles. The molecule has 5 heteroatoms. The van der Waals surface area contributed by atoms with E-state index in [1.54, 1.807) is 24.4 Å². The normalized spacial score (nSPS) is 10.4. The lowest BCUT2D eigenvalue weighted by molar-refractivity contribution is -0.131. The predicted molar refractivity (Wildman–Crippen MR) is 72.9 cm³/mol. The van der Waals surface area contributed by atoms with E-state index in [2.05, 4.69) is 4.98 Å². The molecule has 0 radical (unpaired) electrons. The molecule has 1 rings (SSSR count). The van der Waals surface area contributed by atoms with Crippen LogP contribution in [-0.4, -0.2) is 56.3 Å². The smallest absolute Gasteiger partial charge is 0.224 e. The zero-order valence-corrected chi connectivity index (χ0v) is 11.7. The summed E-state index contributed by atoms with van der Waals surface area (Å²) in [6, 6.07) is 3.93. The molecule has 0 aliphatic carbocycles. The minimum Gasteiger partial charge on any atom is -0.382 e. The maximum absolute atomic E-state index is 11.8. The van der Waals surface area contributed by atoms with E-state index in [0.717, 1.165) is 6.42 Å². The Morgan fingerprint density at radius 3 is 2.68 bits per heavy atom. The fourth-order valence-corrected chi connectivity index (χ4v) is 1.57. The molecule has 0 saturated carbocycles. The van der Waals surface area contributed by atoms with Crippen LogP contribution in [0.15, 0.2) is 24.5 Å². The summed E-state index contributed by atoms with van der Waals surface area (Å²) in [5.41, 5.74) is 1.19. The van der Waals surface area contributed by atoms with Crippen LogP contribution in [0, 0.1) is 0 Å². The number of pyridine rings is 1. The Morgan fingerprint density at radius 2 is 2.00 bits per heavy atom. The predicted octanol–water partition coefficient (Wildman–Crippen LogP) is 1.14. The molecule has 0 atom stereocenters. The van der Waals surface area contributed by atoms with Crippen molar-refractivity contribution < 1.29 is 14.3 Å². The standard InChI is InChI=1S/C14H22N2O3/c1-16(9-5-13-3-7-15-8-4-13)14(17)6-10-19-12-11-18-2/h3-4,7-8H,5-6,9-12H2,1-2H3. The molecule has 0 aromatic carbocycles. The van der Waals surface area contributed by atoms with Gasteiger partial charge in [-0.15, -0.1) is 0 Å². The number of carbonyl (C=O) groups is 1. The van der Waals surface area contributed by atoms with Crippen molar-refractivity contribution in [2.24, 2.45) is 0 Å². The van der Waals surface area contributed by atoms with Crippen LogP contribution in [0.25, 0.3) is 0 Å². The molecule has 0 saturated heterocycles. The molecule has 0 fully saturated rings. The van der Waals surface area contributed by atoms with Crippen LogP contribution in [0.5, 0.6) is 0 Å². The van der Waals surface area contributed by atoms with Crippen LogP contribution in [-0.2, 0) is 20.7 Å². The topological polar surface area (TPSA) is 51.7 Å². The number of methoxy groups -OCH3 is 1. The highest BCUT2D eigenvalue weighted by Gasteiger charge is 2.08. The number of aromatic nitrogens is 1. The lowest BCUT2D eigenvalue weighted by Gasteiger charge is -2.17. The van der Waals surface area contributed by atoms with Crippen LogP contribution in [0.4, 0.5) is 0 Å². The van der Waals surface area contributed by atoms with Crippen molar-refractivity contribution in [3.63, 3.8) is 0 Å². The van der Waals surface area contributed by atoms with Crippen molar-refractivity contribution in [1.82, 2.24) is 9.88 Å². The molecule has 5 nitrogen and oxygen atoms in total. The second-order valence-corrected chi connectivity index (χ2v) is 4.28. The monoisotopic (exact) mass is 266 g/mol. The Kier molecular flexibility index (Phi) is 7.77. The molecule has 0 N–H and O–H groups in total. The van der Waals surface area contributed by atoms with E-state index in [4.69, 9.17) is 9.47 Å². The number of ether oxygens (including phenoxy) is 2. The van der Waals surface area contributed by atoms with E-state index in [1.165, 1.54) is 5.56 Å². The first-order valence-electron chi connectivity index (χ1n) is 6.43. The highest BCUT2D eigenvalue weighted by atomic mass is 16.5. The van der Waals surface area contributed by atoms with Crippen LogP contribution in [0.1, 0.15) is 12.0 Å². The number of carbonyl (C=O) groups excluding carboxylic acids is 1. The Morgan fingerprint density at radius 1 is 1.26 bits per heavy atom. The summed E-state index contributed by atoms with van der Waals surface area (Å²) < 4.78 is 10.1. The number of likely N-dealkylation sites (N-methyl/N-ethyl adjacent to an activating group) is 1. The van der Waals surface area contributed by atoms with E-state index in [9.17, 15) is 4.79 Å². The molecule has 0 bridgehead atoms. The van der Waals surface area contributed by atoms with Gasteiger partial charge in [0.15, 0.2) is 0 Å². The molecular formula is C14H22N2O3. The second kappa shape index (κ2) is 9.47. The van der Waals surface area contributed by atoms with Gasteiger partial charge in [0.05, 0.1) is 26.2 Å². The summed E-state index contributed by atoms with van der Waals surface area (Å²) in [4.78, 5) is 17.5. The average Bonchev–Trinajstić information content (AvgIpc) is 2.45. The number of rotatable bonds is 9. The van der Waals surface area contributed by atoms with Crippen LogP contribution < -0.4 is 0 Å². The van der Waals surface area contributed by atoms with Gasteiger partial charge in [0, 0.05) is 33.1 Å². The number of nitrogens with zero attached hydrogens (tertiary/aromatic N) is 2. The SMILES string of the molecule is COCCOCCC(=O)N(C)CCc1ccncc1. The fourth-order valence-electron chi connectivity index (χ4n) is 1.57. The maximum atomic E-state index is 11.8. The molecule has 1 amide bonds. The van der Waals surface area contributed by atoms with E-state index in [-0.39, 0.29) is 5.91 Å². The third-order valence-electron chi connectivity index (χ3n) is 2.80. The zero-order valence-electron chi connectivity index (χ0n) is 11.7. The molecule has 19 heavy (non-hydrogen) atoms. The first kappa shape index (κ1) is 15.6. The van der Waals surface area contributed by atoms with Gasteiger partial charge >= 0.3 is 0 Å². The van der Waals surface area contributed by atoms with Gasteiger partial charge in [-0.2, -0.15) is 0 Å². The summed E-state index contributed by atoms with van der Waals surface area (Å²) in [7, 11) is 3.44. The van der Waals surface area contributed by atoms with Gasteiger partial charge in [-0.3, -0.25) is 9.78 Å². The number of amides is 1. The van der Waals surface area contributed by atoms with Gasteiger partial charge in [0.2, 0.25) is 5.91 Å². The quantitative estimate of drug-likeness (QED) is 0.629. The third kappa shape index (κ3) is 6.88. The second-order valence-electron chi connectivity index (χ2n) is 4.28. The Hall–Kier alpha value is -1.46. The minimum atomic E-state index is 0.103. The van der Waals surface area contributed by atoms with Gasteiger partial charge in [-0.25, -0.2) is 0 Å². The molecule has 0 spiro atoms. The van der Waals surface area contributed by atoms with E-state index < -0.39 is 0 Å². The summed E-state index contributed by atoms with van der Waals surface area (Å²) in [6.07, 6.45) is 4.79. The Bertz CT molecular complexity index is 357. The Balaban J connectivity index is 2.14. The molecule has 0 aliphatic heterocycles. The van der Waals surface area contributed by atoms with Gasteiger partial charge in [0.25, 0.3) is 0 Å². The third-order valence-corrected chi connectivity index (χ3v) is 2.80. The van der Waals surface area contributed by atoms with Crippen LogP contribution in [0.3, 0.4) is 0 Å². The van der Waals surface area contributed by atoms with Gasteiger partial charge in [0.1, 0.15) is 0 Å². The molecule has 0 aliphatic rings. The van der Waals surface area contributed by atoms with Crippen molar-refractivity contribution >= 4 is 5.91 Å². The van der Waals surface area contributed by atoms with Crippen molar-refractivity contribution in [2.75, 3.05) is 40.5 Å². The summed E-state index contributed by atoms with van der Waals surface area (Å²) in [5.74, 6) is 0.103. The Labute approximate surface area is 114 Å². The van der Waals surface area contributed by atoms with Crippen molar-refractivity contribution in [1.29, 1.82) is 0 Å². The maximum Gasteiger partial charge on any atom is 0.224 e. The molecule has 106 valence electrons. The summed E-state index contributed by atoms with van der Waals surface area (Å²) >= 11 is 0. The average molecular weight is 266 g/mol. The van der Waals surface area contributed by atoms with Crippen LogP contribution in [0.2, 0.25) is 0 Å². The van der Waals surface area contributed by atoms with Crippen molar-refractivity contribution in [2.45, 2.75) is 12.8 Å². The van der Waals surface area contributed by atoms with Gasteiger partial charge in [-0.1, -0.05) is 0 Å². The first-order valence-corrected chi connectivity index (χ1v) is 6.43.